The van der Waals surface area contributed by atoms with Gasteiger partial charge >= 0.3 is 0 Å². The van der Waals surface area contributed by atoms with Gasteiger partial charge in [0.2, 0.25) is 5.95 Å². The van der Waals surface area contributed by atoms with Gasteiger partial charge < -0.3 is 10.1 Å². The largest absolute Gasteiger partial charge is 0.381 e. The van der Waals surface area contributed by atoms with Crippen molar-refractivity contribution in [2.45, 2.75) is 18.9 Å². The number of rotatable bonds is 3. The van der Waals surface area contributed by atoms with E-state index in [-0.39, 0.29) is 0 Å². The average molecular weight is 335 g/mol. The number of hydrogen-bond donors (Lipinski definition) is 2. The molecule has 0 unspecified atom stereocenters. The van der Waals surface area contributed by atoms with Crippen molar-refractivity contribution >= 4 is 28.0 Å². The van der Waals surface area contributed by atoms with Crippen molar-refractivity contribution in [2.75, 3.05) is 18.5 Å². The Bertz CT molecular complexity index is 1030. The lowest BCUT2D eigenvalue weighted by Crippen LogP contribution is -2.28. The summed E-state index contributed by atoms with van der Waals surface area (Å²) in [6.07, 6.45) is 7.28. The highest BCUT2D eigenvalue weighted by Crippen LogP contribution is 2.21. The molecule has 0 spiro atoms. The molecule has 0 amide bonds. The highest BCUT2D eigenvalue weighted by Gasteiger charge is 2.16. The normalized spacial score (nSPS) is 15.8. The number of fused-ring (bicyclic) bond motifs is 2. The summed E-state index contributed by atoms with van der Waals surface area (Å²) in [5.41, 5.74) is 3.51. The number of hydrogen-bond acceptors (Lipinski definition) is 6. The van der Waals surface area contributed by atoms with Crippen molar-refractivity contribution in [3.8, 4) is 5.69 Å². The Morgan fingerprint density at radius 3 is 3.00 bits per heavy atom. The monoisotopic (exact) mass is 335 g/mol. The summed E-state index contributed by atoms with van der Waals surface area (Å²) in [6, 6.07) is 6.45. The van der Waals surface area contributed by atoms with E-state index in [1.165, 1.54) is 0 Å². The number of aromatic amines is 1. The average Bonchev–Trinajstić information content (AvgIpc) is 3.28. The Labute approximate surface area is 143 Å². The lowest BCUT2D eigenvalue weighted by atomic mass is 10.1. The first-order valence-corrected chi connectivity index (χ1v) is 8.35. The molecule has 0 atom stereocenters. The maximum atomic E-state index is 5.40. The van der Waals surface area contributed by atoms with Gasteiger partial charge in [0.25, 0.3) is 0 Å². The molecule has 0 radical (unpaired) electrons. The van der Waals surface area contributed by atoms with Crippen LogP contribution in [0.3, 0.4) is 0 Å². The zero-order valence-electron chi connectivity index (χ0n) is 13.5. The third-order valence-electron chi connectivity index (χ3n) is 4.55. The van der Waals surface area contributed by atoms with Gasteiger partial charge in [0.1, 0.15) is 11.8 Å². The number of H-pyrrole nitrogens is 1. The fraction of sp³-hybridized carbons (Fsp3) is 0.294. The molecular formula is C17H17N7O. The number of nitrogens with zero attached hydrogens (tertiary/aromatic N) is 5. The molecule has 25 heavy (non-hydrogen) atoms. The molecule has 126 valence electrons. The van der Waals surface area contributed by atoms with Crippen molar-refractivity contribution in [1.82, 2.24) is 29.7 Å². The number of anilines is 1. The minimum absolute atomic E-state index is 0.351. The molecule has 1 aromatic carbocycles. The Kier molecular flexibility index (Phi) is 3.34. The first-order chi connectivity index (χ1) is 12.4. The van der Waals surface area contributed by atoms with Gasteiger partial charge in [-0.2, -0.15) is 10.1 Å². The van der Waals surface area contributed by atoms with Crippen LogP contribution in [0.1, 0.15) is 12.8 Å². The zero-order chi connectivity index (χ0) is 16.6. The number of benzene rings is 1. The highest BCUT2D eigenvalue weighted by atomic mass is 16.5. The molecule has 8 heteroatoms. The number of ether oxygens (including phenoxy) is 1. The third-order valence-corrected chi connectivity index (χ3v) is 4.55. The van der Waals surface area contributed by atoms with E-state index >= 15 is 0 Å². The maximum Gasteiger partial charge on any atom is 0.224 e. The minimum atomic E-state index is 0.351. The second-order valence-electron chi connectivity index (χ2n) is 6.19. The Morgan fingerprint density at radius 2 is 2.08 bits per heavy atom. The Morgan fingerprint density at radius 1 is 1.16 bits per heavy atom. The molecule has 1 fully saturated rings. The van der Waals surface area contributed by atoms with Gasteiger partial charge in [-0.1, -0.05) is 0 Å². The first kappa shape index (κ1) is 14.4. The standard InChI is InChI=1S/C17H17N7O/c1-2-13(7-14-11(1)8-20-23-14)24-10-19-15-9-18-17(22-16(15)24)21-12-3-5-25-6-4-12/h1-2,7-10,12H,3-6H2,(H,20,23)(H,18,21,22). The van der Waals surface area contributed by atoms with Crippen LogP contribution in [0.25, 0.3) is 27.8 Å². The van der Waals surface area contributed by atoms with E-state index < -0.39 is 0 Å². The predicted octanol–water partition coefficient (Wildman–Crippen LogP) is 2.28. The van der Waals surface area contributed by atoms with Crippen molar-refractivity contribution in [1.29, 1.82) is 0 Å². The fourth-order valence-corrected chi connectivity index (χ4v) is 3.17. The molecule has 3 aromatic heterocycles. The van der Waals surface area contributed by atoms with Crippen LogP contribution in [-0.4, -0.2) is 49.0 Å². The van der Waals surface area contributed by atoms with Gasteiger partial charge in [-0.25, -0.2) is 9.97 Å². The lowest BCUT2D eigenvalue weighted by Gasteiger charge is -2.22. The van der Waals surface area contributed by atoms with Crippen molar-refractivity contribution in [3.05, 3.63) is 36.9 Å². The fourth-order valence-electron chi connectivity index (χ4n) is 3.17. The van der Waals surface area contributed by atoms with Gasteiger partial charge in [-0.05, 0) is 31.0 Å². The number of nitrogens with one attached hydrogen (secondary N) is 2. The summed E-state index contributed by atoms with van der Waals surface area (Å²) in [7, 11) is 0. The quantitative estimate of drug-likeness (QED) is 0.596. The molecular weight excluding hydrogens is 318 g/mol. The SMILES string of the molecule is c1cc2cn[nH]c2cc1-n1cnc2cnc(NC3CCOCC3)nc21. The summed E-state index contributed by atoms with van der Waals surface area (Å²) in [5, 5.41) is 11.5. The zero-order valence-corrected chi connectivity index (χ0v) is 13.5. The second-order valence-corrected chi connectivity index (χ2v) is 6.19. The van der Waals surface area contributed by atoms with E-state index in [1.54, 1.807) is 12.5 Å². The van der Waals surface area contributed by atoms with Crippen molar-refractivity contribution in [2.24, 2.45) is 0 Å². The van der Waals surface area contributed by atoms with E-state index in [2.05, 4.69) is 30.5 Å². The van der Waals surface area contributed by atoms with Gasteiger partial charge in [0.05, 0.1) is 23.6 Å². The maximum absolute atomic E-state index is 5.40. The lowest BCUT2D eigenvalue weighted by molar-refractivity contribution is 0.0903. The minimum Gasteiger partial charge on any atom is -0.381 e. The summed E-state index contributed by atoms with van der Waals surface area (Å²) < 4.78 is 7.36. The number of imidazole rings is 1. The van der Waals surface area contributed by atoms with Crippen molar-refractivity contribution in [3.63, 3.8) is 0 Å². The number of aromatic nitrogens is 6. The van der Waals surface area contributed by atoms with E-state index in [9.17, 15) is 0 Å². The van der Waals surface area contributed by atoms with Gasteiger partial charge in [-0.3, -0.25) is 9.67 Å². The third kappa shape index (κ3) is 2.60. The van der Waals surface area contributed by atoms with Crippen LogP contribution < -0.4 is 5.32 Å². The van der Waals surface area contributed by atoms with Gasteiger partial charge in [0.15, 0.2) is 5.65 Å². The van der Waals surface area contributed by atoms with Crippen LogP contribution in [0.5, 0.6) is 0 Å². The van der Waals surface area contributed by atoms with Crippen LogP contribution in [0, 0.1) is 0 Å². The van der Waals surface area contributed by atoms with Crippen LogP contribution in [0.15, 0.2) is 36.9 Å². The summed E-state index contributed by atoms with van der Waals surface area (Å²) >= 11 is 0. The molecule has 1 aliphatic rings. The molecule has 0 saturated carbocycles. The molecule has 1 saturated heterocycles. The molecule has 5 rings (SSSR count). The summed E-state index contributed by atoms with van der Waals surface area (Å²) in [6.45, 7) is 1.56. The Balaban J connectivity index is 1.53. The molecule has 4 heterocycles. The topological polar surface area (TPSA) is 93.5 Å². The van der Waals surface area contributed by atoms with Crippen LogP contribution >= 0.6 is 0 Å². The summed E-state index contributed by atoms with van der Waals surface area (Å²) in [5.74, 6) is 0.628. The van der Waals surface area contributed by atoms with E-state index in [1.807, 2.05) is 29.0 Å². The first-order valence-electron chi connectivity index (χ1n) is 8.35. The molecule has 0 aliphatic carbocycles. The molecule has 1 aliphatic heterocycles. The van der Waals surface area contributed by atoms with E-state index in [0.29, 0.717) is 12.0 Å². The predicted molar refractivity (Wildman–Crippen MR) is 93.8 cm³/mol. The second kappa shape index (κ2) is 5.82. The Hall–Kier alpha value is -3.00. The van der Waals surface area contributed by atoms with Crippen molar-refractivity contribution < 1.29 is 4.74 Å². The summed E-state index contributed by atoms with van der Waals surface area (Å²) in [4.78, 5) is 13.5. The van der Waals surface area contributed by atoms with E-state index in [4.69, 9.17) is 4.74 Å². The smallest absolute Gasteiger partial charge is 0.224 e. The van der Waals surface area contributed by atoms with E-state index in [0.717, 1.165) is 53.8 Å². The molecule has 8 nitrogen and oxygen atoms in total. The molecule has 2 N–H and O–H groups in total. The highest BCUT2D eigenvalue weighted by molar-refractivity contribution is 5.81. The van der Waals surface area contributed by atoms with Gasteiger partial charge in [0, 0.05) is 24.6 Å². The molecule has 0 bridgehead atoms. The molecule has 4 aromatic rings. The van der Waals surface area contributed by atoms with Gasteiger partial charge in [-0.15, -0.1) is 0 Å². The van der Waals surface area contributed by atoms with Crippen LogP contribution in [0.2, 0.25) is 0 Å². The van der Waals surface area contributed by atoms with Crippen LogP contribution in [0.4, 0.5) is 5.95 Å². The van der Waals surface area contributed by atoms with Crippen LogP contribution in [-0.2, 0) is 4.74 Å².